The monoisotopic (exact) mass is 387 g/mol. The summed E-state index contributed by atoms with van der Waals surface area (Å²) < 4.78 is 17.4. The molecule has 1 aromatic heterocycles. The molecule has 0 bridgehead atoms. The van der Waals surface area contributed by atoms with E-state index in [4.69, 9.17) is 5.84 Å². The van der Waals surface area contributed by atoms with Crippen LogP contribution in [0.25, 0.3) is 10.9 Å². The molecule has 7 nitrogen and oxygen atoms in total. The average Bonchev–Trinajstić information content (AvgIpc) is 3.60. The number of nitrogen functional groups attached to an aromatic ring is 1. The van der Waals surface area contributed by atoms with Crippen molar-refractivity contribution in [3.05, 3.63) is 38.3 Å². The fourth-order valence-electron chi connectivity index (χ4n) is 5.13. The highest BCUT2D eigenvalue weighted by Gasteiger charge is 2.50. The van der Waals surface area contributed by atoms with Crippen molar-refractivity contribution in [2.45, 2.75) is 50.6 Å². The van der Waals surface area contributed by atoms with Crippen molar-refractivity contribution in [1.82, 2.24) is 14.6 Å². The quantitative estimate of drug-likeness (QED) is 0.771. The molecule has 1 unspecified atom stereocenters. The van der Waals surface area contributed by atoms with Crippen LogP contribution in [0.3, 0.4) is 0 Å². The maximum absolute atomic E-state index is 15.2. The minimum absolute atomic E-state index is 0.0350. The van der Waals surface area contributed by atoms with Crippen molar-refractivity contribution in [3.63, 3.8) is 0 Å². The lowest BCUT2D eigenvalue weighted by molar-refractivity contribution is 0.381. The molecule has 150 valence electrons. The van der Waals surface area contributed by atoms with E-state index in [1.165, 1.54) is 18.9 Å². The predicted molar refractivity (Wildman–Crippen MR) is 107 cm³/mol. The predicted octanol–water partition coefficient (Wildman–Crippen LogP) is 1.24. The summed E-state index contributed by atoms with van der Waals surface area (Å²) in [5.41, 5.74) is 0.744. The maximum atomic E-state index is 15.2. The lowest BCUT2D eigenvalue weighted by Crippen LogP contribution is -2.44. The number of nitrogens with two attached hydrogens (primary N) is 1. The Labute approximate surface area is 161 Å². The molecule has 28 heavy (non-hydrogen) atoms. The van der Waals surface area contributed by atoms with Crippen LogP contribution >= 0.6 is 0 Å². The molecule has 1 aliphatic heterocycles. The minimum Gasteiger partial charge on any atom is -0.369 e. The number of aryl methyl sites for hydroxylation is 1. The number of rotatable bonds is 4. The SMILES string of the molecule is CNC1(C2CCN(c3c(F)cc4c(=O)n(N)c(=O)n(C5CC5)c4c3C)C2)CC1. The minimum atomic E-state index is -0.642. The van der Waals surface area contributed by atoms with Gasteiger partial charge in [0.25, 0.3) is 5.56 Å². The van der Waals surface area contributed by atoms with E-state index in [1.807, 2.05) is 14.0 Å². The van der Waals surface area contributed by atoms with Crippen LogP contribution in [0.15, 0.2) is 15.7 Å². The van der Waals surface area contributed by atoms with E-state index in [0.717, 1.165) is 32.4 Å². The highest BCUT2D eigenvalue weighted by molar-refractivity contribution is 5.87. The maximum Gasteiger partial charge on any atom is 0.350 e. The number of hydrogen-bond acceptors (Lipinski definition) is 5. The number of anilines is 1. The van der Waals surface area contributed by atoms with Gasteiger partial charge in [-0.05, 0) is 58.1 Å². The Balaban J connectivity index is 1.67. The van der Waals surface area contributed by atoms with Gasteiger partial charge in [-0.2, -0.15) is 4.68 Å². The summed E-state index contributed by atoms with van der Waals surface area (Å²) in [6.45, 7) is 3.38. The van der Waals surface area contributed by atoms with Crippen LogP contribution in [0, 0.1) is 18.7 Å². The van der Waals surface area contributed by atoms with E-state index < -0.39 is 17.1 Å². The standard InChI is InChI=1S/C20H26FN5O2/c1-11-16-14(18(27)26(22)19(28)25(16)13-3-4-13)9-15(21)17(11)24-8-5-12(10-24)20(23-2)6-7-20/h9,12-13,23H,3-8,10,22H2,1-2H3. The first-order chi connectivity index (χ1) is 13.4. The van der Waals surface area contributed by atoms with Crippen molar-refractivity contribution in [2.75, 3.05) is 30.9 Å². The Bertz CT molecular complexity index is 1100. The molecular formula is C20H26FN5O2. The molecule has 2 aromatic rings. The Kier molecular flexibility index (Phi) is 3.69. The summed E-state index contributed by atoms with van der Waals surface area (Å²) in [4.78, 5) is 27.3. The van der Waals surface area contributed by atoms with Gasteiger partial charge in [-0.1, -0.05) is 0 Å². The van der Waals surface area contributed by atoms with Crippen LogP contribution in [0.2, 0.25) is 0 Å². The molecule has 1 atom stereocenters. The van der Waals surface area contributed by atoms with Gasteiger partial charge in [-0.25, -0.2) is 9.18 Å². The largest absolute Gasteiger partial charge is 0.369 e. The third-order valence-corrected chi connectivity index (χ3v) is 7.05. The van der Waals surface area contributed by atoms with Gasteiger partial charge < -0.3 is 16.1 Å². The zero-order valence-corrected chi connectivity index (χ0v) is 16.3. The number of halogens is 1. The number of nitrogens with zero attached hydrogens (tertiary/aromatic N) is 3. The molecule has 3 fully saturated rings. The number of hydrogen-bond donors (Lipinski definition) is 2. The molecule has 1 aromatic carbocycles. The van der Waals surface area contributed by atoms with E-state index in [9.17, 15) is 9.59 Å². The first-order valence-electron chi connectivity index (χ1n) is 10.1. The number of fused-ring (bicyclic) bond motifs is 1. The van der Waals surface area contributed by atoms with Crippen molar-refractivity contribution >= 4 is 16.6 Å². The van der Waals surface area contributed by atoms with Gasteiger partial charge in [0.2, 0.25) is 0 Å². The second kappa shape index (κ2) is 5.83. The fraction of sp³-hybridized carbons (Fsp3) is 0.600. The van der Waals surface area contributed by atoms with Crippen LogP contribution in [-0.2, 0) is 0 Å². The Morgan fingerprint density at radius 1 is 1.25 bits per heavy atom. The first-order valence-corrected chi connectivity index (χ1v) is 10.1. The lowest BCUT2D eigenvalue weighted by atomic mass is 9.96. The molecule has 3 N–H and O–H groups in total. The van der Waals surface area contributed by atoms with E-state index >= 15 is 4.39 Å². The van der Waals surface area contributed by atoms with Gasteiger partial charge in [0, 0.05) is 30.2 Å². The molecule has 3 aliphatic rings. The van der Waals surface area contributed by atoms with E-state index in [0.29, 0.717) is 27.4 Å². The molecule has 0 amide bonds. The van der Waals surface area contributed by atoms with Gasteiger partial charge in [0.1, 0.15) is 5.82 Å². The molecule has 0 radical (unpaired) electrons. The van der Waals surface area contributed by atoms with Crippen molar-refractivity contribution in [1.29, 1.82) is 0 Å². The van der Waals surface area contributed by atoms with E-state index in [1.54, 1.807) is 4.57 Å². The van der Waals surface area contributed by atoms with Gasteiger partial charge >= 0.3 is 5.69 Å². The van der Waals surface area contributed by atoms with Gasteiger partial charge in [-0.15, -0.1) is 0 Å². The van der Waals surface area contributed by atoms with Crippen LogP contribution < -0.4 is 27.3 Å². The average molecular weight is 387 g/mol. The number of nitrogens with one attached hydrogen (secondary N) is 1. The fourth-order valence-corrected chi connectivity index (χ4v) is 5.13. The van der Waals surface area contributed by atoms with Crippen LogP contribution in [0.4, 0.5) is 10.1 Å². The Morgan fingerprint density at radius 2 is 1.96 bits per heavy atom. The smallest absolute Gasteiger partial charge is 0.350 e. The molecule has 5 rings (SSSR count). The summed E-state index contributed by atoms with van der Waals surface area (Å²) in [6.07, 6.45) is 5.08. The summed E-state index contributed by atoms with van der Waals surface area (Å²) >= 11 is 0. The van der Waals surface area contributed by atoms with Crippen LogP contribution in [0.5, 0.6) is 0 Å². The highest BCUT2D eigenvalue weighted by atomic mass is 19.1. The zero-order chi connectivity index (χ0) is 19.8. The Morgan fingerprint density at radius 3 is 2.57 bits per heavy atom. The van der Waals surface area contributed by atoms with Gasteiger partial charge in [-0.3, -0.25) is 9.36 Å². The second-order valence-corrected chi connectivity index (χ2v) is 8.62. The normalized spacial score (nSPS) is 23.5. The molecule has 1 saturated heterocycles. The molecule has 0 spiro atoms. The molecular weight excluding hydrogens is 361 g/mol. The summed E-state index contributed by atoms with van der Waals surface area (Å²) in [6, 6.07) is 1.30. The van der Waals surface area contributed by atoms with Crippen LogP contribution in [-0.4, -0.2) is 34.9 Å². The topological polar surface area (TPSA) is 85.3 Å². The van der Waals surface area contributed by atoms with E-state index in [-0.39, 0.29) is 17.0 Å². The van der Waals surface area contributed by atoms with Gasteiger partial charge in [0.05, 0.1) is 16.6 Å². The van der Waals surface area contributed by atoms with Crippen molar-refractivity contribution in [2.24, 2.45) is 5.92 Å². The summed E-state index contributed by atoms with van der Waals surface area (Å²) in [5, 5.41) is 3.63. The van der Waals surface area contributed by atoms with Gasteiger partial charge in [0.15, 0.2) is 0 Å². The number of benzene rings is 1. The lowest BCUT2D eigenvalue weighted by Gasteiger charge is -2.26. The third kappa shape index (κ3) is 2.36. The second-order valence-electron chi connectivity index (χ2n) is 8.62. The van der Waals surface area contributed by atoms with Crippen molar-refractivity contribution < 1.29 is 4.39 Å². The molecule has 2 heterocycles. The van der Waals surface area contributed by atoms with Crippen molar-refractivity contribution in [3.8, 4) is 0 Å². The zero-order valence-electron chi connectivity index (χ0n) is 16.3. The third-order valence-electron chi connectivity index (χ3n) is 7.05. The molecule has 2 aliphatic carbocycles. The summed E-state index contributed by atoms with van der Waals surface area (Å²) in [7, 11) is 2.00. The summed E-state index contributed by atoms with van der Waals surface area (Å²) in [5.74, 6) is 5.76. The Hall–Kier alpha value is -2.35. The highest BCUT2D eigenvalue weighted by Crippen LogP contribution is 2.47. The molecule has 2 saturated carbocycles. The van der Waals surface area contributed by atoms with E-state index in [2.05, 4.69) is 10.2 Å². The van der Waals surface area contributed by atoms with Crippen LogP contribution in [0.1, 0.15) is 43.7 Å². The number of aromatic nitrogens is 2. The molecule has 8 heteroatoms. The first kappa shape index (κ1) is 17.7.